The highest BCUT2D eigenvalue weighted by molar-refractivity contribution is 4.84. The summed E-state index contributed by atoms with van der Waals surface area (Å²) in [6.07, 6.45) is 2.33. The lowest BCUT2D eigenvalue weighted by Gasteiger charge is -2.39. The molecule has 0 rings (SSSR count). The van der Waals surface area contributed by atoms with Gasteiger partial charge in [-0.3, -0.25) is 9.80 Å². The van der Waals surface area contributed by atoms with Crippen LogP contribution in [0.2, 0.25) is 0 Å². The van der Waals surface area contributed by atoms with E-state index in [-0.39, 0.29) is 25.4 Å². The van der Waals surface area contributed by atoms with Gasteiger partial charge in [0.25, 0.3) is 0 Å². The van der Waals surface area contributed by atoms with Crippen molar-refractivity contribution in [3.05, 3.63) is 0 Å². The van der Waals surface area contributed by atoms with E-state index in [0.29, 0.717) is 72.4 Å². The Morgan fingerprint density at radius 1 is 0.657 bits per heavy atom. The Balaban J connectivity index is 5.57. The van der Waals surface area contributed by atoms with Gasteiger partial charge in [0, 0.05) is 86.6 Å². The molecule has 0 spiro atoms. The first kappa shape index (κ1) is 34.6. The van der Waals surface area contributed by atoms with E-state index in [1.807, 2.05) is 13.8 Å². The molecule has 0 aromatic rings. The summed E-state index contributed by atoms with van der Waals surface area (Å²) >= 11 is 0. The quantitative estimate of drug-likeness (QED) is 0.148. The van der Waals surface area contributed by atoms with Crippen LogP contribution in [0.3, 0.4) is 0 Å². The summed E-state index contributed by atoms with van der Waals surface area (Å²) in [6, 6.07) is 0.000226. The fraction of sp³-hybridized carbons (Fsp3) is 1.00. The number of hydrogen-bond donors (Lipinski definition) is 2. The normalized spacial score (nSPS) is 13.7. The third kappa shape index (κ3) is 19.4. The number of nitrogens with zero attached hydrogens (tertiary/aromatic N) is 2. The highest BCUT2D eigenvalue weighted by Gasteiger charge is 2.30. The van der Waals surface area contributed by atoms with Crippen LogP contribution < -0.4 is 0 Å². The second kappa shape index (κ2) is 26.7. The zero-order valence-electron chi connectivity index (χ0n) is 22.8. The van der Waals surface area contributed by atoms with Crippen LogP contribution in [0.1, 0.15) is 33.1 Å². The number of rotatable bonds is 28. The van der Waals surface area contributed by atoms with Gasteiger partial charge in [0.05, 0.1) is 45.2 Å². The molecule has 0 heterocycles. The highest BCUT2D eigenvalue weighted by atomic mass is 16.5. The van der Waals surface area contributed by atoms with Crippen molar-refractivity contribution in [2.24, 2.45) is 0 Å². The summed E-state index contributed by atoms with van der Waals surface area (Å²) < 4.78 is 34.1. The predicted molar refractivity (Wildman–Crippen MR) is 137 cm³/mol. The lowest BCUT2D eigenvalue weighted by Crippen LogP contribution is -2.54. The minimum atomic E-state index is -0.0846. The van der Waals surface area contributed by atoms with Crippen molar-refractivity contribution in [1.29, 1.82) is 0 Å². The van der Waals surface area contributed by atoms with E-state index in [2.05, 4.69) is 9.80 Å². The van der Waals surface area contributed by atoms with Crippen molar-refractivity contribution in [3.63, 3.8) is 0 Å². The summed E-state index contributed by atoms with van der Waals surface area (Å²) in [4.78, 5) is 4.73. The van der Waals surface area contributed by atoms with Crippen molar-refractivity contribution >= 4 is 0 Å². The Hall–Kier alpha value is -0.400. The first-order chi connectivity index (χ1) is 17.2. The monoisotopic (exact) mass is 510 g/mol. The Morgan fingerprint density at radius 2 is 1.37 bits per heavy atom. The van der Waals surface area contributed by atoms with Crippen molar-refractivity contribution in [3.8, 4) is 0 Å². The summed E-state index contributed by atoms with van der Waals surface area (Å²) in [7, 11) is 3.44. The molecule has 0 aromatic carbocycles. The van der Waals surface area contributed by atoms with Crippen molar-refractivity contribution in [2.45, 2.75) is 45.3 Å². The molecule has 35 heavy (non-hydrogen) atoms. The van der Waals surface area contributed by atoms with Crippen LogP contribution >= 0.6 is 0 Å². The molecule has 0 amide bonds. The average molecular weight is 511 g/mol. The van der Waals surface area contributed by atoms with Gasteiger partial charge in [-0.15, -0.1) is 0 Å². The second-order valence-corrected chi connectivity index (χ2v) is 8.28. The lowest BCUT2D eigenvalue weighted by atomic mass is 10.1. The standard InChI is InChI=1S/C25H54N2O8/c1-5-32-19-12-26(10-7-16-30-3)22-25(35-6-2)24(23-34-18-9-14-28)27(11-8-17-31-4)13-20-33-21-15-29/h24-25,28-29H,5-23H2,1-4H3. The summed E-state index contributed by atoms with van der Waals surface area (Å²) in [5.74, 6) is 0. The van der Waals surface area contributed by atoms with E-state index in [1.54, 1.807) is 14.2 Å². The second-order valence-electron chi connectivity index (χ2n) is 8.28. The summed E-state index contributed by atoms with van der Waals surface area (Å²) in [5.41, 5.74) is 0. The van der Waals surface area contributed by atoms with Gasteiger partial charge >= 0.3 is 0 Å². The summed E-state index contributed by atoms with van der Waals surface area (Å²) in [5, 5.41) is 18.2. The molecule has 0 aliphatic carbocycles. The lowest BCUT2D eigenvalue weighted by molar-refractivity contribution is -0.0674. The van der Waals surface area contributed by atoms with Gasteiger partial charge in [-0.25, -0.2) is 0 Å². The van der Waals surface area contributed by atoms with Crippen molar-refractivity contribution in [2.75, 3.05) is 120 Å². The van der Waals surface area contributed by atoms with Crippen LogP contribution in [-0.2, 0) is 28.4 Å². The van der Waals surface area contributed by atoms with Gasteiger partial charge in [-0.1, -0.05) is 0 Å². The Kier molecular flexibility index (Phi) is 26.4. The number of ether oxygens (including phenoxy) is 6. The largest absolute Gasteiger partial charge is 0.396 e. The smallest absolute Gasteiger partial charge is 0.0879 e. The van der Waals surface area contributed by atoms with Gasteiger partial charge in [-0.05, 0) is 33.1 Å². The molecule has 0 saturated carbocycles. The van der Waals surface area contributed by atoms with Crippen LogP contribution in [0, 0.1) is 0 Å². The molecule has 0 fully saturated rings. The van der Waals surface area contributed by atoms with E-state index in [4.69, 9.17) is 33.5 Å². The number of hydrogen-bond acceptors (Lipinski definition) is 10. The average Bonchev–Trinajstić information content (AvgIpc) is 2.86. The fourth-order valence-corrected chi connectivity index (χ4v) is 3.84. The van der Waals surface area contributed by atoms with Crippen LogP contribution in [0.5, 0.6) is 0 Å². The van der Waals surface area contributed by atoms with E-state index >= 15 is 0 Å². The Morgan fingerprint density at radius 3 is 2.00 bits per heavy atom. The number of aliphatic hydroxyl groups excluding tert-OH is 2. The Bertz CT molecular complexity index is 413. The third-order valence-corrected chi connectivity index (χ3v) is 5.58. The molecular weight excluding hydrogens is 456 g/mol. The van der Waals surface area contributed by atoms with Crippen LogP contribution in [-0.4, -0.2) is 152 Å². The molecule has 0 aliphatic heterocycles. The minimum absolute atomic E-state index is 0.000226. The molecule has 2 unspecified atom stereocenters. The molecule has 10 nitrogen and oxygen atoms in total. The predicted octanol–water partition coefficient (Wildman–Crippen LogP) is 0.882. The zero-order valence-corrected chi connectivity index (χ0v) is 22.8. The fourth-order valence-electron chi connectivity index (χ4n) is 3.84. The molecule has 2 atom stereocenters. The van der Waals surface area contributed by atoms with E-state index in [0.717, 1.165) is 39.0 Å². The maximum absolute atomic E-state index is 9.17. The number of methoxy groups -OCH3 is 2. The third-order valence-electron chi connectivity index (χ3n) is 5.58. The number of aliphatic hydroxyl groups is 2. The molecule has 0 radical (unpaired) electrons. The van der Waals surface area contributed by atoms with Crippen molar-refractivity contribution < 1.29 is 38.6 Å². The highest BCUT2D eigenvalue weighted by Crippen LogP contribution is 2.14. The SMILES string of the molecule is CCOCCN(CCCOC)CC(OCC)C(COCCCO)N(CCCOC)CCOCCO. The molecule has 212 valence electrons. The molecule has 0 aromatic heterocycles. The topological polar surface area (TPSA) is 102 Å². The van der Waals surface area contributed by atoms with E-state index < -0.39 is 0 Å². The first-order valence-electron chi connectivity index (χ1n) is 13.2. The maximum atomic E-state index is 9.17. The molecular formula is C25H54N2O8. The van der Waals surface area contributed by atoms with Crippen LogP contribution in [0.25, 0.3) is 0 Å². The Labute approximate surface area is 213 Å². The van der Waals surface area contributed by atoms with Gasteiger partial charge in [-0.2, -0.15) is 0 Å². The van der Waals surface area contributed by atoms with Crippen LogP contribution in [0.4, 0.5) is 0 Å². The first-order valence-corrected chi connectivity index (χ1v) is 13.2. The van der Waals surface area contributed by atoms with Gasteiger partial charge < -0.3 is 38.6 Å². The van der Waals surface area contributed by atoms with Crippen molar-refractivity contribution in [1.82, 2.24) is 9.80 Å². The minimum Gasteiger partial charge on any atom is -0.396 e. The van der Waals surface area contributed by atoms with Gasteiger partial charge in [0.2, 0.25) is 0 Å². The van der Waals surface area contributed by atoms with E-state index in [1.165, 1.54) is 0 Å². The molecule has 0 saturated heterocycles. The van der Waals surface area contributed by atoms with Crippen LogP contribution in [0.15, 0.2) is 0 Å². The molecule has 0 bridgehead atoms. The van der Waals surface area contributed by atoms with Gasteiger partial charge in [0.1, 0.15) is 0 Å². The molecule has 0 aliphatic rings. The molecule has 10 heteroatoms. The van der Waals surface area contributed by atoms with Gasteiger partial charge in [0.15, 0.2) is 0 Å². The molecule has 2 N–H and O–H groups in total. The maximum Gasteiger partial charge on any atom is 0.0879 e. The van der Waals surface area contributed by atoms with E-state index in [9.17, 15) is 5.11 Å². The summed E-state index contributed by atoms with van der Waals surface area (Å²) in [6.45, 7) is 13.3. The zero-order chi connectivity index (χ0) is 26.0.